The number of furan rings is 1. The van der Waals surface area contributed by atoms with Crippen LogP contribution in [0.3, 0.4) is 0 Å². The minimum Gasteiger partial charge on any atom is -0.489 e. The highest BCUT2D eigenvalue weighted by Gasteiger charge is 2.16. The van der Waals surface area contributed by atoms with E-state index in [1.807, 2.05) is 0 Å². The fourth-order valence-corrected chi connectivity index (χ4v) is 2.59. The molecule has 0 spiro atoms. The molecule has 2 N–H and O–H groups in total. The molecule has 0 fully saturated rings. The van der Waals surface area contributed by atoms with Crippen molar-refractivity contribution in [1.29, 1.82) is 0 Å². The number of hydrogen-bond donors (Lipinski definition) is 2. The lowest BCUT2D eigenvalue weighted by atomic mass is 10.2. The smallest absolute Gasteiger partial charge is 0.254 e. The number of nitrogens with one attached hydrogen (secondary N) is 2. The molecule has 0 unspecified atom stereocenters. The number of halogens is 1. The maximum absolute atomic E-state index is 11.9. The quantitative estimate of drug-likeness (QED) is 0.848. The van der Waals surface area contributed by atoms with Gasteiger partial charge < -0.3 is 24.5 Å². The van der Waals surface area contributed by atoms with Crippen LogP contribution in [-0.4, -0.2) is 31.6 Å². The third-order valence-electron chi connectivity index (χ3n) is 3.54. The zero-order valence-corrected chi connectivity index (χ0v) is 14.1. The van der Waals surface area contributed by atoms with Gasteiger partial charge in [0.15, 0.2) is 11.5 Å². The van der Waals surface area contributed by atoms with Crippen LogP contribution in [0.5, 0.6) is 11.5 Å². The Bertz CT molecular complexity index is 761. The van der Waals surface area contributed by atoms with Crippen LogP contribution >= 0.6 is 11.6 Å². The number of carbonyl (C=O) groups is 2. The van der Waals surface area contributed by atoms with E-state index in [2.05, 4.69) is 10.6 Å². The SMILES string of the molecule is O=C(CNC(=O)c1ccoc1)NCc1cc(Cl)c2c(c1)OCCCO2. The summed E-state index contributed by atoms with van der Waals surface area (Å²) in [6.07, 6.45) is 3.49. The molecular weight excluding hydrogens is 348 g/mol. The summed E-state index contributed by atoms with van der Waals surface area (Å²) in [4.78, 5) is 23.6. The summed E-state index contributed by atoms with van der Waals surface area (Å²) >= 11 is 6.21. The van der Waals surface area contributed by atoms with Crippen molar-refractivity contribution in [2.45, 2.75) is 13.0 Å². The van der Waals surface area contributed by atoms with Crippen LogP contribution in [0.25, 0.3) is 0 Å². The van der Waals surface area contributed by atoms with Gasteiger partial charge in [-0.15, -0.1) is 0 Å². The molecule has 0 radical (unpaired) electrons. The Kier molecular flexibility index (Phi) is 5.45. The predicted molar refractivity (Wildman–Crippen MR) is 89.9 cm³/mol. The standard InChI is InChI=1S/C17H17ClN2O5/c18-13-6-11(7-14-16(13)25-4-1-3-24-14)8-19-15(21)9-20-17(22)12-2-5-23-10-12/h2,5-7,10H,1,3-4,8-9H2,(H,19,21)(H,20,22). The topological polar surface area (TPSA) is 89.8 Å². The summed E-state index contributed by atoms with van der Waals surface area (Å²) in [6, 6.07) is 5.03. The van der Waals surface area contributed by atoms with E-state index >= 15 is 0 Å². The molecule has 1 aromatic heterocycles. The molecule has 25 heavy (non-hydrogen) atoms. The summed E-state index contributed by atoms with van der Waals surface area (Å²) in [6.45, 7) is 1.23. The van der Waals surface area contributed by atoms with Gasteiger partial charge in [-0.2, -0.15) is 0 Å². The van der Waals surface area contributed by atoms with Crippen LogP contribution in [0.1, 0.15) is 22.3 Å². The fourth-order valence-electron chi connectivity index (χ4n) is 2.31. The summed E-state index contributed by atoms with van der Waals surface area (Å²) in [5.41, 5.74) is 1.14. The molecule has 0 atom stereocenters. The first kappa shape index (κ1) is 17.2. The van der Waals surface area contributed by atoms with Gasteiger partial charge in [0, 0.05) is 13.0 Å². The first-order chi connectivity index (χ1) is 12.1. The van der Waals surface area contributed by atoms with E-state index in [0.717, 1.165) is 12.0 Å². The maximum atomic E-state index is 11.9. The van der Waals surface area contributed by atoms with E-state index in [1.165, 1.54) is 18.6 Å². The monoisotopic (exact) mass is 364 g/mol. The highest BCUT2D eigenvalue weighted by molar-refractivity contribution is 6.32. The molecule has 0 bridgehead atoms. The molecule has 1 aliphatic rings. The van der Waals surface area contributed by atoms with Crippen molar-refractivity contribution in [3.8, 4) is 11.5 Å². The Morgan fingerprint density at radius 3 is 2.80 bits per heavy atom. The largest absolute Gasteiger partial charge is 0.489 e. The number of amides is 2. The zero-order valence-electron chi connectivity index (χ0n) is 13.3. The van der Waals surface area contributed by atoms with Crippen molar-refractivity contribution in [2.24, 2.45) is 0 Å². The molecule has 1 aliphatic heterocycles. The average Bonchev–Trinajstić information content (AvgIpc) is 3.04. The lowest BCUT2D eigenvalue weighted by Crippen LogP contribution is -2.36. The van der Waals surface area contributed by atoms with E-state index in [9.17, 15) is 9.59 Å². The molecule has 3 rings (SSSR count). The van der Waals surface area contributed by atoms with Gasteiger partial charge in [-0.1, -0.05) is 11.6 Å². The van der Waals surface area contributed by atoms with Gasteiger partial charge in [0.2, 0.25) is 5.91 Å². The van der Waals surface area contributed by atoms with E-state index < -0.39 is 0 Å². The number of benzene rings is 1. The van der Waals surface area contributed by atoms with Crippen molar-refractivity contribution in [1.82, 2.24) is 10.6 Å². The van der Waals surface area contributed by atoms with E-state index in [0.29, 0.717) is 35.3 Å². The molecular formula is C17H17ClN2O5. The van der Waals surface area contributed by atoms with Crippen molar-refractivity contribution in [3.63, 3.8) is 0 Å². The van der Waals surface area contributed by atoms with E-state index in [1.54, 1.807) is 12.1 Å². The van der Waals surface area contributed by atoms with Gasteiger partial charge in [-0.25, -0.2) is 0 Å². The molecule has 0 saturated heterocycles. The average molecular weight is 365 g/mol. The Hall–Kier alpha value is -2.67. The van der Waals surface area contributed by atoms with Gasteiger partial charge in [0.1, 0.15) is 6.26 Å². The summed E-state index contributed by atoms with van der Waals surface area (Å²) in [5.74, 6) is 0.409. The highest BCUT2D eigenvalue weighted by atomic mass is 35.5. The molecule has 1 aromatic carbocycles. The zero-order chi connectivity index (χ0) is 17.6. The molecule has 8 heteroatoms. The normalized spacial score (nSPS) is 13.0. The van der Waals surface area contributed by atoms with Gasteiger partial charge in [-0.3, -0.25) is 9.59 Å². The van der Waals surface area contributed by atoms with Crippen molar-refractivity contribution < 1.29 is 23.5 Å². The van der Waals surface area contributed by atoms with Crippen LogP contribution in [-0.2, 0) is 11.3 Å². The second-order valence-corrected chi connectivity index (χ2v) is 5.83. The molecule has 2 amide bonds. The van der Waals surface area contributed by atoms with Crippen molar-refractivity contribution >= 4 is 23.4 Å². The fraction of sp³-hybridized carbons (Fsp3) is 0.294. The van der Waals surface area contributed by atoms with Crippen LogP contribution in [0.15, 0.2) is 35.1 Å². The predicted octanol–water partition coefficient (Wildman–Crippen LogP) is 2.14. The molecule has 2 aromatic rings. The van der Waals surface area contributed by atoms with Gasteiger partial charge in [-0.05, 0) is 23.8 Å². The molecule has 132 valence electrons. The number of rotatable bonds is 5. The summed E-state index contributed by atoms with van der Waals surface area (Å²) in [5, 5.41) is 5.67. The Morgan fingerprint density at radius 2 is 2.00 bits per heavy atom. The van der Waals surface area contributed by atoms with E-state index in [-0.39, 0.29) is 24.9 Å². The van der Waals surface area contributed by atoms with Gasteiger partial charge in [0.05, 0.1) is 36.6 Å². The highest BCUT2D eigenvalue weighted by Crippen LogP contribution is 2.37. The molecule has 7 nitrogen and oxygen atoms in total. The van der Waals surface area contributed by atoms with Crippen molar-refractivity contribution in [3.05, 3.63) is 46.9 Å². The minimum absolute atomic E-state index is 0.137. The summed E-state index contributed by atoms with van der Waals surface area (Å²) in [7, 11) is 0. The number of hydrogen-bond acceptors (Lipinski definition) is 5. The van der Waals surface area contributed by atoms with Crippen LogP contribution < -0.4 is 20.1 Å². The number of fused-ring (bicyclic) bond motifs is 1. The third-order valence-corrected chi connectivity index (χ3v) is 3.83. The van der Waals surface area contributed by atoms with Gasteiger partial charge >= 0.3 is 0 Å². The Labute approximate surface area is 149 Å². The van der Waals surface area contributed by atoms with Gasteiger partial charge in [0.25, 0.3) is 5.91 Å². The number of carbonyl (C=O) groups excluding carboxylic acids is 2. The lowest BCUT2D eigenvalue weighted by molar-refractivity contribution is -0.120. The maximum Gasteiger partial charge on any atom is 0.254 e. The Morgan fingerprint density at radius 1 is 1.16 bits per heavy atom. The lowest BCUT2D eigenvalue weighted by Gasteiger charge is -2.12. The first-order valence-electron chi connectivity index (χ1n) is 7.78. The van der Waals surface area contributed by atoms with Crippen molar-refractivity contribution in [2.75, 3.05) is 19.8 Å². The molecule has 0 saturated carbocycles. The molecule has 2 heterocycles. The second-order valence-electron chi connectivity index (χ2n) is 5.43. The Balaban J connectivity index is 1.53. The molecule has 0 aliphatic carbocycles. The number of ether oxygens (including phenoxy) is 2. The van der Waals surface area contributed by atoms with Crippen LogP contribution in [0.4, 0.5) is 0 Å². The van der Waals surface area contributed by atoms with E-state index in [4.69, 9.17) is 25.5 Å². The minimum atomic E-state index is -0.373. The van der Waals surface area contributed by atoms with Crippen LogP contribution in [0.2, 0.25) is 5.02 Å². The first-order valence-corrected chi connectivity index (χ1v) is 8.16. The third kappa shape index (κ3) is 4.45. The second kappa shape index (κ2) is 7.94. The summed E-state index contributed by atoms with van der Waals surface area (Å²) < 4.78 is 16.0. The van der Waals surface area contributed by atoms with Crippen LogP contribution in [0, 0.1) is 0 Å².